The Morgan fingerprint density at radius 3 is 2.56 bits per heavy atom. The Kier molecular flexibility index (Phi) is 11.1. The number of aromatic hydroxyl groups is 1. The number of pyridine rings is 1. The molecular formula is C36H44N2O5. The third-order valence-corrected chi connectivity index (χ3v) is 7.96. The van der Waals surface area contributed by atoms with Gasteiger partial charge in [0, 0.05) is 48.2 Å². The fraction of sp³-hybridized carbons (Fsp3) is 0.417. The molecule has 0 amide bonds. The maximum atomic E-state index is 11.1. The SMILES string of the molecule is CCn1c(-c2cccnc2COC)c(CC(C)(C)COC=O)c2cc(-c3cc(O)cc(CCCCCCC=O)c3)ccc21. The van der Waals surface area contributed by atoms with Crippen LogP contribution >= 0.6 is 0 Å². The van der Waals surface area contributed by atoms with Crippen LogP contribution in [0.2, 0.25) is 0 Å². The standard InChI is InChI=1S/C36H44N2O5/c1-5-38-34-15-14-27(28-18-26(19-29(41)20-28)12-9-7-6-8-10-17-39)21-31(34)32(22-36(2,3)24-43-25-40)35(38)30-13-11-16-37-33(30)23-42-4/h11,13-21,25,41H,5-10,12,22-24H2,1-4H3. The van der Waals surface area contributed by atoms with E-state index in [-0.39, 0.29) is 11.2 Å². The minimum Gasteiger partial charge on any atom is -0.508 e. The highest BCUT2D eigenvalue weighted by Gasteiger charge is 2.27. The summed E-state index contributed by atoms with van der Waals surface area (Å²) in [4.78, 5) is 26.3. The molecule has 2 aromatic carbocycles. The lowest BCUT2D eigenvalue weighted by Gasteiger charge is -2.24. The molecule has 0 aliphatic rings. The molecule has 2 aromatic heterocycles. The largest absolute Gasteiger partial charge is 0.508 e. The number of aryl methyl sites for hydroxylation is 2. The Hall–Kier alpha value is -3.97. The van der Waals surface area contributed by atoms with E-state index < -0.39 is 0 Å². The van der Waals surface area contributed by atoms with Gasteiger partial charge in [-0.1, -0.05) is 38.8 Å². The summed E-state index contributed by atoms with van der Waals surface area (Å²) in [7, 11) is 1.68. The van der Waals surface area contributed by atoms with Crippen molar-refractivity contribution in [2.75, 3.05) is 13.7 Å². The van der Waals surface area contributed by atoms with Crippen LogP contribution in [-0.2, 0) is 45.1 Å². The van der Waals surface area contributed by atoms with Crippen LogP contribution in [0.4, 0.5) is 0 Å². The molecule has 0 fully saturated rings. The highest BCUT2D eigenvalue weighted by molar-refractivity contribution is 5.95. The van der Waals surface area contributed by atoms with E-state index in [1.54, 1.807) is 13.3 Å². The summed E-state index contributed by atoms with van der Waals surface area (Å²) in [5, 5.41) is 11.8. The van der Waals surface area contributed by atoms with Crippen LogP contribution in [0.15, 0.2) is 54.7 Å². The van der Waals surface area contributed by atoms with Gasteiger partial charge in [0.25, 0.3) is 6.47 Å². The van der Waals surface area contributed by atoms with Crippen molar-refractivity contribution in [2.45, 2.75) is 78.9 Å². The number of phenolic OH excluding ortho intramolecular Hbond substituents is 1. The van der Waals surface area contributed by atoms with E-state index in [4.69, 9.17) is 9.47 Å². The van der Waals surface area contributed by atoms with Crippen LogP contribution < -0.4 is 0 Å². The molecule has 0 atom stereocenters. The van der Waals surface area contributed by atoms with Gasteiger partial charge in [-0.05, 0) is 91.3 Å². The van der Waals surface area contributed by atoms with Gasteiger partial charge in [0.05, 0.1) is 24.6 Å². The van der Waals surface area contributed by atoms with E-state index >= 15 is 0 Å². The molecule has 0 unspecified atom stereocenters. The second kappa shape index (κ2) is 15.0. The lowest BCUT2D eigenvalue weighted by atomic mass is 9.84. The number of phenols is 1. The predicted molar refractivity (Wildman–Crippen MR) is 171 cm³/mol. The lowest BCUT2D eigenvalue weighted by molar-refractivity contribution is -0.131. The number of nitrogens with zero attached hydrogens (tertiary/aromatic N) is 2. The van der Waals surface area contributed by atoms with Gasteiger partial charge in [-0.25, -0.2) is 0 Å². The van der Waals surface area contributed by atoms with Crippen molar-refractivity contribution in [3.8, 4) is 28.1 Å². The number of hydrogen-bond acceptors (Lipinski definition) is 6. The van der Waals surface area contributed by atoms with Crippen LogP contribution in [0.25, 0.3) is 33.3 Å². The third-order valence-electron chi connectivity index (χ3n) is 7.96. The maximum absolute atomic E-state index is 11.1. The predicted octanol–water partition coefficient (Wildman–Crippen LogP) is 7.68. The van der Waals surface area contributed by atoms with Crippen LogP contribution in [0, 0.1) is 5.41 Å². The quantitative estimate of drug-likeness (QED) is 0.101. The molecular weight excluding hydrogens is 540 g/mol. The molecule has 0 saturated heterocycles. The molecule has 0 aliphatic carbocycles. The van der Waals surface area contributed by atoms with Crippen LogP contribution in [0.5, 0.6) is 5.75 Å². The molecule has 0 bridgehead atoms. The third kappa shape index (κ3) is 7.90. The molecule has 7 heteroatoms. The fourth-order valence-corrected chi connectivity index (χ4v) is 6.01. The zero-order valence-corrected chi connectivity index (χ0v) is 25.9. The van der Waals surface area contributed by atoms with Crippen molar-refractivity contribution in [3.05, 3.63) is 71.5 Å². The van der Waals surface area contributed by atoms with Crippen molar-refractivity contribution in [3.63, 3.8) is 0 Å². The molecule has 1 N–H and O–H groups in total. The molecule has 228 valence electrons. The average molecular weight is 585 g/mol. The summed E-state index contributed by atoms with van der Waals surface area (Å²) in [5.74, 6) is 0.257. The van der Waals surface area contributed by atoms with E-state index in [1.807, 2.05) is 18.2 Å². The first-order chi connectivity index (χ1) is 20.8. The number of carbonyl (C=O) groups is 2. The first kappa shape index (κ1) is 32.0. The van der Waals surface area contributed by atoms with Gasteiger partial charge in [0.2, 0.25) is 0 Å². The smallest absolute Gasteiger partial charge is 0.293 e. The van der Waals surface area contributed by atoms with E-state index in [1.165, 1.54) is 5.56 Å². The summed E-state index contributed by atoms with van der Waals surface area (Å²) in [6, 6.07) is 16.4. The number of benzene rings is 2. The number of methoxy groups -OCH3 is 1. The normalized spacial score (nSPS) is 11.6. The summed E-state index contributed by atoms with van der Waals surface area (Å²) < 4.78 is 13.1. The second-order valence-electron chi connectivity index (χ2n) is 12.0. The Bertz CT molecular complexity index is 1540. The summed E-state index contributed by atoms with van der Waals surface area (Å²) >= 11 is 0. The average Bonchev–Trinajstić information content (AvgIpc) is 3.29. The number of aldehydes is 1. The van der Waals surface area contributed by atoms with Crippen LogP contribution in [0.1, 0.15) is 69.7 Å². The number of ether oxygens (including phenoxy) is 2. The Morgan fingerprint density at radius 1 is 1.00 bits per heavy atom. The highest BCUT2D eigenvalue weighted by atomic mass is 16.5. The van der Waals surface area contributed by atoms with Gasteiger partial charge in [0.1, 0.15) is 12.0 Å². The van der Waals surface area contributed by atoms with Crippen LogP contribution in [-0.4, -0.2) is 41.1 Å². The van der Waals surface area contributed by atoms with E-state index in [0.717, 1.165) is 89.5 Å². The van der Waals surface area contributed by atoms with Crippen LogP contribution in [0.3, 0.4) is 0 Å². The number of rotatable bonds is 17. The molecule has 7 nitrogen and oxygen atoms in total. The number of unbranched alkanes of at least 4 members (excludes halogenated alkanes) is 4. The first-order valence-corrected chi connectivity index (χ1v) is 15.2. The zero-order chi connectivity index (χ0) is 30.8. The van der Waals surface area contributed by atoms with Crippen molar-refractivity contribution in [2.24, 2.45) is 5.41 Å². The van der Waals surface area contributed by atoms with Gasteiger partial charge in [0.15, 0.2) is 0 Å². The Morgan fingerprint density at radius 2 is 1.81 bits per heavy atom. The van der Waals surface area contributed by atoms with Gasteiger partial charge >= 0.3 is 0 Å². The lowest BCUT2D eigenvalue weighted by Crippen LogP contribution is -2.22. The molecule has 4 aromatic rings. The number of fused-ring (bicyclic) bond motifs is 1. The molecule has 4 rings (SSSR count). The Labute approximate surface area is 254 Å². The fourth-order valence-electron chi connectivity index (χ4n) is 6.01. The van der Waals surface area contributed by atoms with Crippen molar-refractivity contribution in [1.82, 2.24) is 9.55 Å². The van der Waals surface area contributed by atoms with E-state index in [0.29, 0.717) is 32.5 Å². The molecule has 0 radical (unpaired) electrons. The van der Waals surface area contributed by atoms with Gasteiger partial charge in [-0.3, -0.25) is 9.78 Å². The molecule has 0 spiro atoms. The first-order valence-electron chi connectivity index (χ1n) is 15.2. The summed E-state index contributed by atoms with van der Waals surface area (Å²) in [6.07, 6.45) is 9.00. The summed E-state index contributed by atoms with van der Waals surface area (Å²) in [5.41, 5.74) is 8.07. The maximum Gasteiger partial charge on any atom is 0.293 e. The molecule has 0 aliphatic heterocycles. The summed E-state index contributed by atoms with van der Waals surface area (Å²) in [6.45, 7) is 8.34. The second-order valence-corrected chi connectivity index (χ2v) is 12.0. The van der Waals surface area contributed by atoms with Gasteiger partial charge < -0.3 is 23.9 Å². The van der Waals surface area contributed by atoms with Gasteiger partial charge in [-0.15, -0.1) is 0 Å². The highest BCUT2D eigenvalue weighted by Crippen LogP contribution is 2.41. The van der Waals surface area contributed by atoms with E-state index in [9.17, 15) is 14.7 Å². The zero-order valence-electron chi connectivity index (χ0n) is 25.9. The monoisotopic (exact) mass is 584 g/mol. The van der Waals surface area contributed by atoms with E-state index in [2.05, 4.69) is 60.7 Å². The topological polar surface area (TPSA) is 90.7 Å². The molecule has 0 saturated carbocycles. The van der Waals surface area contributed by atoms with Crippen molar-refractivity contribution in [1.29, 1.82) is 0 Å². The number of carbonyl (C=O) groups excluding carboxylic acids is 2. The molecule has 2 heterocycles. The van der Waals surface area contributed by atoms with Crippen molar-refractivity contribution >= 4 is 23.7 Å². The van der Waals surface area contributed by atoms with Crippen molar-refractivity contribution < 1.29 is 24.2 Å². The number of aromatic nitrogens is 2. The van der Waals surface area contributed by atoms with Gasteiger partial charge in [-0.2, -0.15) is 0 Å². The minimum absolute atomic E-state index is 0.257. The molecule has 43 heavy (non-hydrogen) atoms. The Balaban J connectivity index is 1.82. The number of hydrogen-bond donors (Lipinski definition) is 1. The minimum atomic E-state index is -0.313.